The normalized spacial score (nSPS) is 42.6. The van der Waals surface area contributed by atoms with E-state index in [1.54, 1.807) is 18.1 Å². The smallest absolute Gasteiger partial charge is 0.302 e. The van der Waals surface area contributed by atoms with Gasteiger partial charge in [-0.15, -0.1) is 0 Å². The molecule has 3 heteroatoms. The summed E-state index contributed by atoms with van der Waals surface area (Å²) in [5.41, 5.74) is 4.37. The number of rotatable bonds is 3. The number of hydrogen-bond donors (Lipinski definition) is 0. The zero-order valence-electron chi connectivity index (χ0n) is 27.6. The quantitative estimate of drug-likeness (QED) is 0.263. The second-order valence-electron chi connectivity index (χ2n) is 14.8. The molecule has 8 atom stereocenters. The monoisotopic (exact) mass is 542 g/mol. The van der Waals surface area contributed by atoms with Crippen molar-refractivity contribution < 1.29 is 14.3 Å². The highest BCUT2D eigenvalue weighted by Crippen LogP contribution is 2.75. The Bertz CT molecular complexity index is 932. The molecule has 4 saturated carbocycles. The predicted octanol–water partition coefficient (Wildman–Crippen LogP) is 9.97. The number of ether oxygens (including phenoxy) is 1. The van der Waals surface area contributed by atoms with E-state index in [0.717, 1.165) is 25.7 Å². The maximum Gasteiger partial charge on any atom is 0.302 e. The molecule has 4 fully saturated rings. The van der Waals surface area contributed by atoms with Gasteiger partial charge in [0.05, 0.1) is 0 Å². The van der Waals surface area contributed by atoms with Crippen molar-refractivity contribution in [3.05, 3.63) is 11.1 Å². The molecular weight excluding hydrogens is 480 g/mol. The molecule has 224 valence electrons. The van der Waals surface area contributed by atoms with E-state index in [-0.39, 0.29) is 22.7 Å². The summed E-state index contributed by atoms with van der Waals surface area (Å²) < 4.78 is 5.76. The van der Waals surface area contributed by atoms with E-state index in [9.17, 15) is 9.59 Å². The summed E-state index contributed by atoms with van der Waals surface area (Å²) in [4.78, 5) is 24.5. The minimum atomic E-state index is -0.136. The molecule has 5 aliphatic carbocycles. The van der Waals surface area contributed by atoms with Crippen LogP contribution >= 0.6 is 0 Å². The first-order chi connectivity index (χ1) is 18.3. The van der Waals surface area contributed by atoms with Crippen LogP contribution in [0.5, 0.6) is 0 Å². The molecule has 0 aromatic heterocycles. The third-order valence-corrected chi connectivity index (χ3v) is 12.7. The average molecular weight is 543 g/mol. The number of carbonyl (C=O) groups is 2. The fourth-order valence-corrected chi connectivity index (χ4v) is 10.7. The van der Waals surface area contributed by atoms with Gasteiger partial charge in [-0.1, -0.05) is 86.8 Å². The molecule has 3 nitrogen and oxygen atoms in total. The average Bonchev–Trinajstić information content (AvgIpc) is 3.28. The summed E-state index contributed by atoms with van der Waals surface area (Å²) in [6, 6.07) is 0. The Balaban J connectivity index is 0.000000787. The maximum atomic E-state index is 12.6. The van der Waals surface area contributed by atoms with Crippen LogP contribution in [-0.2, 0) is 14.3 Å². The van der Waals surface area contributed by atoms with Crippen molar-refractivity contribution >= 4 is 11.8 Å². The van der Waals surface area contributed by atoms with Crippen molar-refractivity contribution in [2.24, 2.45) is 51.2 Å². The van der Waals surface area contributed by atoms with Gasteiger partial charge < -0.3 is 4.74 Å². The van der Waals surface area contributed by atoms with Gasteiger partial charge in [0.15, 0.2) is 0 Å². The number of carbonyl (C=O) groups excluding carboxylic acids is 2. The van der Waals surface area contributed by atoms with E-state index in [1.807, 2.05) is 13.8 Å². The van der Waals surface area contributed by atoms with Crippen molar-refractivity contribution in [1.82, 2.24) is 0 Å². The van der Waals surface area contributed by atoms with Crippen LogP contribution in [0, 0.1) is 51.2 Å². The Labute approximate surface area is 241 Å². The number of hydrogen-bond acceptors (Lipinski definition) is 3. The van der Waals surface area contributed by atoms with Gasteiger partial charge in [-0.3, -0.25) is 9.59 Å². The van der Waals surface area contributed by atoms with Crippen molar-refractivity contribution in [2.45, 2.75) is 147 Å². The first-order valence-corrected chi connectivity index (χ1v) is 16.7. The Hall–Kier alpha value is -1.12. The van der Waals surface area contributed by atoms with E-state index in [1.165, 1.54) is 44.9 Å². The van der Waals surface area contributed by atoms with Gasteiger partial charge in [-0.05, 0) is 97.7 Å². The highest BCUT2D eigenvalue weighted by atomic mass is 16.5. The second-order valence-corrected chi connectivity index (χ2v) is 14.8. The lowest BCUT2D eigenvalue weighted by atomic mass is 9.34. The van der Waals surface area contributed by atoms with Crippen LogP contribution in [0.25, 0.3) is 0 Å². The van der Waals surface area contributed by atoms with E-state index < -0.39 is 0 Å². The topological polar surface area (TPSA) is 43.4 Å². The molecule has 0 spiro atoms. The third kappa shape index (κ3) is 5.09. The van der Waals surface area contributed by atoms with Crippen molar-refractivity contribution in [2.75, 3.05) is 6.61 Å². The van der Waals surface area contributed by atoms with Crippen LogP contribution in [0.1, 0.15) is 147 Å². The molecule has 0 aromatic carbocycles. The van der Waals surface area contributed by atoms with Crippen molar-refractivity contribution in [1.29, 1.82) is 0 Å². The number of ketones is 1. The van der Waals surface area contributed by atoms with Gasteiger partial charge in [-0.2, -0.15) is 0 Å². The Morgan fingerprint density at radius 1 is 0.923 bits per heavy atom. The van der Waals surface area contributed by atoms with Crippen LogP contribution in [0.15, 0.2) is 11.1 Å². The van der Waals surface area contributed by atoms with E-state index in [0.29, 0.717) is 46.9 Å². The van der Waals surface area contributed by atoms with E-state index in [4.69, 9.17) is 4.74 Å². The molecule has 5 rings (SSSR count). The summed E-state index contributed by atoms with van der Waals surface area (Å²) >= 11 is 0. The summed E-state index contributed by atoms with van der Waals surface area (Å²) in [5, 5.41) is 0. The van der Waals surface area contributed by atoms with Crippen molar-refractivity contribution in [3.8, 4) is 0 Å². The van der Waals surface area contributed by atoms with E-state index in [2.05, 4.69) is 55.4 Å². The highest BCUT2D eigenvalue weighted by Gasteiger charge is 2.68. The molecule has 0 aromatic rings. The van der Waals surface area contributed by atoms with Gasteiger partial charge in [0.25, 0.3) is 0 Å². The summed E-state index contributed by atoms with van der Waals surface area (Å²) in [7, 11) is 0. The fourth-order valence-electron chi connectivity index (χ4n) is 10.7. The lowest BCUT2D eigenvalue weighted by Gasteiger charge is -2.70. The second kappa shape index (κ2) is 12.0. The number of fused-ring (bicyclic) bond motifs is 7. The SMILES string of the molecule is CC.CC(=O)OCC12CCC(C(C)C)=C1C1CCC3C4(C)CCC(=O)C(C)C4CCC3(C)[C@]1(C)CC2.CCC. The van der Waals surface area contributed by atoms with E-state index >= 15 is 0 Å². The van der Waals surface area contributed by atoms with Crippen LogP contribution < -0.4 is 0 Å². The summed E-state index contributed by atoms with van der Waals surface area (Å²) in [5.74, 6) is 3.07. The van der Waals surface area contributed by atoms with Crippen LogP contribution in [-0.4, -0.2) is 18.4 Å². The lowest BCUT2D eigenvalue weighted by molar-refractivity contribution is -0.202. The van der Waals surface area contributed by atoms with Gasteiger partial charge in [0.1, 0.15) is 12.4 Å². The number of esters is 1. The molecule has 0 heterocycles. The maximum absolute atomic E-state index is 12.6. The van der Waals surface area contributed by atoms with Gasteiger partial charge in [0, 0.05) is 24.7 Å². The molecule has 0 amide bonds. The van der Waals surface area contributed by atoms with Crippen LogP contribution in [0.4, 0.5) is 0 Å². The molecule has 0 radical (unpaired) electrons. The van der Waals surface area contributed by atoms with Gasteiger partial charge >= 0.3 is 5.97 Å². The Morgan fingerprint density at radius 2 is 1.56 bits per heavy atom. The fraction of sp³-hybridized carbons (Fsp3) is 0.889. The first-order valence-electron chi connectivity index (χ1n) is 16.7. The Morgan fingerprint density at radius 3 is 2.15 bits per heavy atom. The lowest BCUT2D eigenvalue weighted by Crippen LogP contribution is -2.64. The highest BCUT2D eigenvalue weighted by molar-refractivity contribution is 5.82. The van der Waals surface area contributed by atoms with Crippen LogP contribution in [0.3, 0.4) is 0 Å². The van der Waals surface area contributed by atoms with Crippen molar-refractivity contribution in [3.63, 3.8) is 0 Å². The molecule has 0 aliphatic heterocycles. The molecular formula is C36H62O3. The molecule has 5 aliphatic rings. The molecule has 39 heavy (non-hydrogen) atoms. The number of Topliss-reactive ketones (excluding diaryl/α,β-unsaturated/α-hetero) is 1. The third-order valence-electron chi connectivity index (χ3n) is 12.7. The van der Waals surface area contributed by atoms with Crippen LogP contribution in [0.2, 0.25) is 0 Å². The molecule has 7 unspecified atom stereocenters. The van der Waals surface area contributed by atoms with Gasteiger partial charge in [-0.25, -0.2) is 0 Å². The summed E-state index contributed by atoms with van der Waals surface area (Å²) in [6.45, 7) is 25.2. The largest absolute Gasteiger partial charge is 0.465 e. The summed E-state index contributed by atoms with van der Waals surface area (Å²) in [6.07, 6.45) is 12.9. The predicted molar refractivity (Wildman–Crippen MR) is 163 cm³/mol. The zero-order chi connectivity index (χ0) is 29.4. The molecule has 0 N–H and O–H groups in total. The molecule has 0 bridgehead atoms. The number of allylic oxidation sites excluding steroid dienone is 1. The Kier molecular flexibility index (Phi) is 9.97. The first kappa shape index (κ1) is 32.4. The van der Waals surface area contributed by atoms with Gasteiger partial charge in [0.2, 0.25) is 0 Å². The zero-order valence-corrected chi connectivity index (χ0v) is 27.6. The minimum absolute atomic E-state index is 0.0749. The minimum Gasteiger partial charge on any atom is -0.465 e. The molecule has 0 saturated heterocycles. The standard InChI is InChI=1S/C31H48O3.C3H8.C2H6/c1-19(2)22-10-15-31(18-34-21(4)32)17-16-29(6)24(27(22)31)8-9-26-28(5)13-12-25(33)20(3)23(28)11-14-30(26,29)7;1-3-2;1-2/h19-20,23-24,26H,8-18H2,1-7H3;3H2,1-2H3;1-2H3/t20?,23?,24?,26?,28?,29-,30?,31?;;/m1../s1.